The van der Waals surface area contributed by atoms with E-state index >= 15 is 0 Å². The summed E-state index contributed by atoms with van der Waals surface area (Å²) in [4.78, 5) is 0. The second kappa shape index (κ2) is 4.00. The van der Waals surface area contributed by atoms with Crippen molar-refractivity contribution >= 4 is 0 Å². The van der Waals surface area contributed by atoms with Gasteiger partial charge in [-0.2, -0.15) is 0 Å². The monoisotopic (exact) mass is 165 g/mol. The van der Waals surface area contributed by atoms with Gasteiger partial charge in [-0.25, -0.2) is 0 Å². The van der Waals surface area contributed by atoms with Gasteiger partial charge < -0.3 is 4.74 Å². The zero-order valence-corrected chi connectivity index (χ0v) is 7.41. The van der Waals surface area contributed by atoms with Crippen LogP contribution in [0, 0.1) is 5.92 Å². The summed E-state index contributed by atoms with van der Waals surface area (Å²) in [5.41, 5.74) is 0. The standard InChI is InChI=1S/C10H13O2/c1-8(2)7-12-10-6-4-3-5-9(10)11/h3-6,8H,7H2,1-2H3. The maximum absolute atomic E-state index is 11.1. The Morgan fingerprint density at radius 3 is 2.58 bits per heavy atom. The summed E-state index contributed by atoms with van der Waals surface area (Å²) in [6.45, 7) is 4.69. The molecule has 1 radical (unpaired) electrons. The average molecular weight is 165 g/mol. The van der Waals surface area contributed by atoms with Gasteiger partial charge in [-0.1, -0.05) is 26.0 Å². The summed E-state index contributed by atoms with van der Waals surface area (Å²) in [7, 11) is 0. The highest BCUT2D eigenvalue weighted by Crippen LogP contribution is 2.25. The molecule has 0 fully saturated rings. The Balaban J connectivity index is 2.57. The Hall–Kier alpha value is -1.18. The Bertz CT molecular complexity index is 243. The fraction of sp³-hybridized carbons (Fsp3) is 0.400. The number of hydrogen-bond donors (Lipinski definition) is 0. The zero-order chi connectivity index (χ0) is 8.97. The van der Waals surface area contributed by atoms with Crippen LogP contribution >= 0.6 is 0 Å². The number of benzene rings is 1. The van der Waals surface area contributed by atoms with Gasteiger partial charge in [-0.15, -0.1) is 0 Å². The van der Waals surface area contributed by atoms with Gasteiger partial charge in [-0.05, 0) is 18.1 Å². The molecule has 0 aliphatic rings. The predicted molar refractivity (Wildman–Crippen MR) is 46.9 cm³/mol. The Morgan fingerprint density at radius 2 is 2.00 bits per heavy atom. The third kappa shape index (κ3) is 2.46. The lowest BCUT2D eigenvalue weighted by Gasteiger charge is -2.07. The first-order valence-corrected chi connectivity index (χ1v) is 4.09. The van der Waals surface area contributed by atoms with Crippen molar-refractivity contribution in [3.05, 3.63) is 24.3 Å². The average Bonchev–Trinajstić information content (AvgIpc) is 2.03. The van der Waals surface area contributed by atoms with Crippen LogP contribution in [0.2, 0.25) is 0 Å². The van der Waals surface area contributed by atoms with Crippen molar-refractivity contribution in [2.75, 3.05) is 6.61 Å². The minimum atomic E-state index is -0.0434. The summed E-state index contributed by atoms with van der Waals surface area (Å²) < 4.78 is 5.29. The lowest BCUT2D eigenvalue weighted by atomic mass is 10.2. The van der Waals surface area contributed by atoms with E-state index in [1.165, 1.54) is 6.07 Å². The quantitative estimate of drug-likeness (QED) is 0.677. The maximum atomic E-state index is 11.1. The first kappa shape index (κ1) is 8.91. The van der Waals surface area contributed by atoms with E-state index in [0.29, 0.717) is 18.3 Å². The number of hydrogen-bond acceptors (Lipinski definition) is 1. The minimum Gasteiger partial charge on any atom is -0.489 e. The molecule has 1 aromatic rings. The summed E-state index contributed by atoms with van der Waals surface area (Å²) in [6.07, 6.45) is 0. The number of para-hydroxylation sites is 2. The first-order chi connectivity index (χ1) is 5.70. The van der Waals surface area contributed by atoms with E-state index in [1.54, 1.807) is 18.2 Å². The van der Waals surface area contributed by atoms with Crippen LogP contribution in [0.1, 0.15) is 13.8 Å². The number of rotatable bonds is 3. The molecule has 65 valence electrons. The van der Waals surface area contributed by atoms with E-state index in [4.69, 9.17) is 4.74 Å². The van der Waals surface area contributed by atoms with Gasteiger partial charge in [-0.3, -0.25) is 5.11 Å². The third-order valence-corrected chi connectivity index (χ3v) is 1.42. The molecule has 0 saturated carbocycles. The molecule has 0 aliphatic carbocycles. The van der Waals surface area contributed by atoms with Crippen LogP contribution in [0.25, 0.3) is 0 Å². The van der Waals surface area contributed by atoms with Crippen molar-refractivity contribution in [1.82, 2.24) is 0 Å². The molecule has 2 nitrogen and oxygen atoms in total. The van der Waals surface area contributed by atoms with Gasteiger partial charge in [0.25, 0.3) is 0 Å². The van der Waals surface area contributed by atoms with E-state index in [-0.39, 0.29) is 5.75 Å². The highest BCUT2D eigenvalue weighted by molar-refractivity contribution is 5.37. The van der Waals surface area contributed by atoms with Crippen molar-refractivity contribution < 1.29 is 9.84 Å². The molecule has 0 N–H and O–H groups in total. The summed E-state index contributed by atoms with van der Waals surface area (Å²) >= 11 is 0. The molecule has 0 spiro atoms. The van der Waals surface area contributed by atoms with Crippen LogP contribution in [0.4, 0.5) is 0 Å². The Kier molecular flexibility index (Phi) is 2.97. The molecule has 12 heavy (non-hydrogen) atoms. The largest absolute Gasteiger partial charge is 0.489 e. The van der Waals surface area contributed by atoms with E-state index < -0.39 is 0 Å². The van der Waals surface area contributed by atoms with Gasteiger partial charge in [0.15, 0.2) is 5.75 Å². The fourth-order valence-corrected chi connectivity index (χ4v) is 0.826. The van der Waals surface area contributed by atoms with Crippen LogP contribution in [0.3, 0.4) is 0 Å². The molecule has 1 rings (SSSR count). The SMILES string of the molecule is CC(C)COc1ccccc1[O]. The summed E-state index contributed by atoms with van der Waals surface area (Å²) in [6, 6.07) is 6.72. The lowest BCUT2D eigenvalue weighted by molar-refractivity contribution is 0.246. The van der Waals surface area contributed by atoms with Crippen LogP contribution in [-0.4, -0.2) is 6.61 Å². The smallest absolute Gasteiger partial charge is 0.220 e. The molecular formula is C10H13O2. The van der Waals surface area contributed by atoms with Crippen LogP contribution in [-0.2, 0) is 5.11 Å². The molecule has 0 unspecified atom stereocenters. The highest BCUT2D eigenvalue weighted by Gasteiger charge is 2.02. The van der Waals surface area contributed by atoms with Gasteiger partial charge in [0.1, 0.15) is 0 Å². The molecule has 0 atom stereocenters. The van der Waals surface area contributed by atoms with Crippen molar-refractivity contribution in [2.45, 2.75) is 13.8 Å². The normalized spacial score (nSPS) is 10.2. The molecule has 0 amide bonds. The molecule has 0 saturated heterocycles. The minimum absolute atomic E-state index is 0.0434. The van der Waals surface area contributed by atoms with Crippen molar-refractivity contribution in [2.24, 2.45) is 5.92 Å². The highest BCUT2D eigenvalue weighted by atomic mass is 16.5. The van der Waals surface area contributed by atoms with Gasteiger partial charge in [0.2, 0.25) is 5.75 Å². The van der Waals surface area contributed by atoms with Gasteiger partial charge in [0.05, 0.1) is 6.61 Å². The van der Waals surface area contributed by atoms with E-state index in [9.17, 15) is 5.11 Å². The molecule has 2 heteroatoms. The molecule has 0 aliphatic heterocycles. The molecule has 0 aromatic heterocycles. The summed E-state index contributed by atoms with van der Waals surface area (Å²) in [5, 5.41) is 11.1. The second-order valence-corrected chi connectivity index (χ2v) is 3.15. The predicted octanol–water partition coefficient (Wildman–Crippen LogP) is 2.87. The lowest BCUT2D eigenvalue weighted by Crippen LogP contribution is -2.04. The Labute approximate surface area is 72.8 Å². The maximum Gasteiger partial charge on any atom is 0.220 e. The van der Waals surface area contributed by atoms with Crippen LogP contribution < -0.4 is 4.74 Å². The van der Waals surface area contributed by atoms with Crippen LogP contribution in [0.5, 0.6) is 11.5 Å². The fourth-order valence-electron chi connectivity index (χ4n) is 0.826. The molecule has 0 bridgehead atoms. The second-order valence-electron chi connectivity index (χ2n) is 3.15. The molecule has 0 heterocycles. The van der Waals surface area contributed by atoms with E-state index in [1.807, 2.05) is 13.8 Å². The van der Waals surface area contributed by atoms with Gasteiger partial charge >= 0.3 is 0 Å². The van der Waals surface area contributed by atoms with Crippen molar-refractivity contribution in [1.29, 1.82) is 0 Å². The van der Waals surface area contributed by atoms with Crippen molar-refractivity contribution in [3.63, 3.8) is 0 Å². The zero-order valence-electron chi connectivity index (χ0n) is 7.41. The topological polar surface area (TPSA) is 29.1 Å². The van der Waals surface area contributed by atoms with Gasteiger partial charge in [0, 0.05) is 0 Å². The third-order valence-electron chi connectivity index (χ3n) is 1.42. The molecular weight excluding hydrogens is 152 g/mol. The van der Waals surface area contributed by atoms with E-state index in [0.717, 1.165) is 0 Å². The van der Waals surface area contributed by atoms with Crippen molar-refractivity contribution in [3.8, 4) is 11.5 Å². The first-order valence-electron chi connectivity index (χ1n) is 4.09. The Morgan fingerprint density at radius 1 is 1.33 bits per heavy atom. The van der Waals surface area contributed by atoms with Crippen LogP contribution in [0.15, 0.2) is 24.3 Å². The number of ether oxygens (including phenoxy) is 1. The van der Waals surface area contributed by atoms with E-state index in [2.05, 4.69) is 0 Å². The summed E-state index contributed by atoms with van der Waals surface area (Å²) in [5.74, 6) is 0.856. The molecule has 1 aromatic carbocycles.